The lowest BCUT2D eigenvalue weighted by Crippen LogP contribution is -2.49. The van der Waals surface area contributed by atoms with Crippen LogP contribution in [0.4, 0.5) is 0 Å². The predicted molar refractivity (Wildman–Crippen MR) is 125 cm³/mol. The van der Waals surface area contributed by atoms with Crippen molar-refractivity contribution in [2.75, 3.05) is 18.1 Å². The van der Waals surface area contributed by atoms with Crippen LogP contribution in [0.25, 0.3) is 0 Å². The van der Waals surface area contributed by atoms with E-state index in [2.05, 4.69) is 81.7 Å². The zero-order chi connectivity index (χ0) is 20.2. The summed E-state index contributed by atoms with van der Waals surface area (Å²) in [5.41, 5.74) is 1.21. The lowest BCUT2D eigenvalue weighted by molar-refractivity contribution is -0.0543. The fourth-order valence-electron chi connectivity index (χ4n) is 3.13. The number of hydrogen-bond donors (Lipinski definition) is 0. The minimum Gasteiger partial charge on any atom is -0.411 e. The molecule has 158 valence electrons. The SMILES string of the molecule is CC(C)(C)[Si](C)(C)O[C@@H](CC1SCCCS1)[C@H](OCc1ccccc1)[C@@H]1CO1. The average Bonchev–Trinajstić information content (AvgIpc) is 3.47. The second kappa shape index (κ2) is 9.88. The standard InChI is InChI=1S/C22H36O3S2Si/c1-22(2,3)28(4,5)25-18(14-20-26-12-9-13-27-20)21(19-16-23-19)24-15-17-10-7-6-8-11-17/h6-8,10-11,18-21H,9,12-16H2,1-5H3/t18-,19-,21-/m0/s1. The molecule has 0 bridgehead atoms. The molecular weight excluding hydrogens is 404 g/mol. The monoisotopic (exact) mass is 440 g/mol. The highest BCUT2D eigenvalue weighted by molar-refractivity contribution is 8.17. The van der Waals surface area contributed by atoms with Gasteiger partial charge in [0.05, 0.1) is 23.9 Å². The largest absolute Gasteiger partial charge is 0.411 e. The van der Waals surface area contributed by atoms with Crippen molar-refractivity contribution in [3.05, 3.63) is 35.9 Å². The van der Waals surface area contributed by atoms with E-state index in [9.17, 15) is 0 Å². The highest BCUT2D eigenvalue weighted by Gasteiger charge is 2.46. The Balaban J connectivity index is 1.73. The fourth-order valence-corrected chi connectivity index (χ4v) is 7.42. The molecule has 2 aliphatic heterocycles. The summed E-state index contributed by atoms with van der Waals surface area (Å²) in [6.45, 7) is 13.1. The van der Waals surface area contributed by atoms with Crippen LogP contribution in [0.5, 0.6) is 0 Å². The third-order valence-corrected chi connectivity index (χ3v) is 13.4. The molecule has 3 nitrogen and oxygen atoms in total. The Kier molecular flexibility index (Phi) is 8.01. The number of rotatable bonds is 9. The molecule has 2 heterocycles. The molecule has 2 saturated heterocycles. The molecule has 1 aromatic carbocycles. The molecule has 0 N–H and O–H groups in total. The second-order valence-electron chi connectivity index (χ2n) is 9.31. The Morgan fingerprint density at radius 3 is 2.36 bits per heavy atom. The van der Waals surface area contributed by atoms with Crippen molar-refractivity contribution in [3.63, 3.8) is 0 Å². The van der Waals surface area contributed by atoms with Gasteiger partial charge in [0.1, 0.15) is 12.2 Å². The van der Waals surface area contributed by atoms with Crippen LogP contribution in [0, 0.1) is 0 Å². The number of thioether (sulfide) groups is 2. The van der Waals surface area contributed by atoms with Gasteiger partial charge in [0.25, 0.3) is 0 Å². The van der Waals surface area contributed by atoms with Crippen LogP contribution < -0.4 is 0 Å². The van der Waals surface area contributed by atoms with Gasteiger partial charge in [-0.1, -0.05) is 51.1 Å². The first-order chi connectivity index (χ1) is 13.3. The quantitative estimate of drug-likeness (QED) is 0.350. The van der Waals surface area contributed by atoms with E-state index in [-0.39, 0.29) is 23.4 Å². The minimum atomic E-state index is -1.90. The minimum absolute atomic E-state index is 0.0115. The summed E-state index contributed by atoms with van der Waals surface area (Å²) in [7, 11) is -1.90. The summed E-state index contributed by atoms with van der Waals surface area (Å²) >= 11 is 4.18. The first-order valence-corrected chi connectivity index (χ1v) is 15.4. The molecule has 2 aliphatic rings. The molecule has 0 spiro atoms. The molecule has 28 heavy (non-hydrogen) atoms. The van der Waals surface area contributed by atoms with Gasteiger partial charge >= 0.3 is 0 Å². The summed E-state index contributed by atoms with van der Waals surface area (Å²) in [6, 6.07) is 10.4. The highest BCUT2D eigenvalue weighted by atomic mass is 32.2. The average molecular weight is 441 g/mol. The van der Waals surface area contributed by atoms with E-state index in [1.165, 1.54) is 23.5 Å². The zero-order valence-electron chi connectivity index (χ0n) is 18.0. The second-order valence-corrected chi connectivity index (χ2v) is 17.0. The Morgan fingerprint density at radius 2 is 1.79 bits per heavy atom. The number of epoxide rings is 1. The van der Waals surface area contributed by atoms with Gasteiger partial charge in [-0.05, 0) is 48.0 Å². The van der Waals surface area contributed by atoms with Gasteiger partial charge in [-0.3, -0.25) is 0 Å². The molecule has 0 aliphatic carbocycles. The van der Waals surface area contributed by atoms with Crippen LogP contribution in [0.2, 0.25) is 18.1 Å². The predicted octanol–water partition coefficient (Wildman–Crippen LogP) is 5.95. The topological polar surface area (TPSA) is 31.0 Å². The van der Waals surface area contributed by atoms with E-state index >= 15 is 0 Å². The molecule has 0 unspecified atom stereocenters. The van der Waals surface area contributed by atoms with Gasteiger partial charge in [0.2, 0.25) is 0 Å². The van der Waals surface area contributed by atoms with Crippen LogP contribution >= 0.6 is 23.5 Å². The van der Waals surface area contributed by atoms with Crippen LogP contribution in [0.3, 0.4) is 0 Å². The molecule has 3 rings (SSSR count). The van der Waals surface area contributed by atoms with Gasteiger partial charge in [-0.15, -0.1) is 23.5 Å². The molecule has 0 amide bonds. The van der Waals surface area contributed by atoms with E-state index in [0.717, 1.165) is 13.0 Å². The summed E-state index contributed by atoms with van der Waals surface area (Å²) in [4.78, 5) is 0. The van der Waals surface area contributed by atoms with E-state index in [1.807, 2.05) is 6.07 Å². The third kappa shape index (κ3) is 6.51. The fraction of sp³-hybridized carbons (Fsp3) is 0.727. The molecule has 2 fully saturated rings. The smallest absolute Gasteiger partial charge is 0.192 e. The van der Waals surface area contributed by atoms with E-state index in [1.54, 1.807) is 0 Å². The Bertz CT molecular complexity index is 596. The highest BCUT2D eigenvalue weighted by Crippen LogP contribution is 2.42. The van der Waals surface area contributed by atoms with Crippen molar-refractivity contribution >= 4 is 31.8 Å². The zero-order valence-corrected chi connectivity index (χ0v) is 20.6. The molecular formula is C22H36O3S2Si. The Labute approximate surface area is 180 Å². The van der Waals surface area contributed by atoms with E-state index < -0.39 is 8.32 Å². The maximum atomic E-state index is 6.96. The summed E-state index contributed by atoms with van der Waals surface area (Å²) in [6.07, 6.45) is 2.65. The van der Waals surface area contributed by atoms with Crippen LogP contribution in [-0.2, 0) is 20.5 Å². The van der Waals surface area contributed by atoms with Crippen molar-refractivity contribution in [3.8, 4) is 0 Å². The first-order valence-electron chi connectivity index (χ1n) is 10.4. The van der Waals surface area contributed by atoms with Crippen molar-refractivity contribution in [1.82, 2.24) is 0 Å². The molecule has 0 saturated carbocycles. The summed E-state index contributed by atoms with van der Waals surface area (Å²) in [5, 5.41) is 0.187. The van der Waals surface area contributed by atoms with Gasteiger partial charge in [0, 0.05) is 0 Å². The molecule has 0 radical (unpaired) electrons. The van der Waals surface area contributed by atoms with Crippen molar-refractivity contribution in [1.29, 1.82) is 0 Å². The van der Waals surface area contributed by atoms with Crippen molar-refractivity contribution in [2.45, 2.75) is 81.2 Å². The number of hydrogen-bond acceptors (Lipinski definition) is 5. The Hall–Kier alpha value is 0.0169. The van der Waals surface area contributed by atoms with E-state index in [4.69, 9.17) is 13.9 Å². The number of benzene rings is 1. The van der Waals surface area contributed by atoms with Crippen molar-refractivity contribution in [2.24, 2.45) is 0 Å². The lowest BCUT2D eigenvalue weighted by atomic mass is 10.1. The molecule has 6 heteroatoms. The molecule has 1 aromatic rings. The maximum Gasteiger partial charge on any atom is 0.192 e. The normalized spacial score (nSPS) is 23.4. The summed E-state index contributed by atoms with van der Waals surface area (Å²) < 4.78 is 19.8. The summed E-state index contributed by atoms with van der Waals surface area (Å²) in [5.74, 6) is 2.53. The third-order valence-electron chi connectivity index (χ3n) is 5.95. The molecule has 0 aromatic heterocycles. The van der Waals surface area contributed by atoms with Crippen LogP contribution in [0.15, 0.2) is 30.3 Å². The van der Waals surface area contributed by atoms with Gasteiger partial charge in [0.15, 0.2) is 8.32 Å². The van der Waals surface area contributed by atoms with E-state index in [0.29, 0.717) is 11.2 Å². The van der Waals surface area contributed by atoms with Crippen molar-refractivity contribution < 1.29 is 13.9 Å². The first kappa shape index (κ1) is 22.7. The van der Waals surface area contributed by atoms with Gasteiger partial charge in [-0.2, -0.15) is 0 Å². The lowest BCUT2D eigenvalue weighted by Gasteiger charge is -2.42. The number of ether oxygens (including phenoxy) is 2. The van der Waals surface area contributed by atoms with Gasteiger partial charge in [-0.25, -0.2) is 0 Å². The Morgan fingerprint density at radius 1 is 1.14 bits per heavy atom. The maximum absolute atomic E-state index is 6.96. The van der Waals surface area contributed by atoms with Crippen LogP contribution in [0.1, 0.15) is 39.2 Å². The molecule has 3 atom stereocenters. The van der Waals surface area contributed by atoms with Crippen LogP contribution in [-0.4, -0.2) is 49.3 Å². The van der Waals surface area contributed by atoms with Gasteiger partial charge < -0.3 is 13.9 Å².